The minimum atomic E-state index is -0.445. The number of hydrogen-bond acceptors (Lipinski definition) is 6. The first kappa shape index (κ1) is 26.1. The van der Waals surface area contributed by atoms with Gasteiger partial charge in [-0.2, -0.15) is 0 Å². The number of ether oxygens (including phenoxy) is 3. The zero-order chi connectivity index (χ0) is 22.4. The summed E-state index contributed by atoms with van der Waals surface area (Å²) in [4.78, 5) is 11.6. The van der Waals surface area contributed by atoms with E-state index < -0.39 is 5.97 Å². The summed E-state index contributed by atoms with van der Waals surface area (Å²) in [5.41, 5.74) is 0.970. The van der Waals surface area contributed by atoms with Crippen LogP contribution in [0, 0.1) is 11.8 Å². The molecule has 7 heteroatoms. The lowest BCUT2D eigenvalue weighted by Crippen LogP contribution is -2.07. The van der Waals surface area contributed by atoms with E-state index in [-0.39, 0.29) is 29.4 Å². The van der Waals surface area contributed by atoms with Gasteiger partial charge in [0, 0.05) is 24.1 Å². The number of hydrogen-bond donors (Lipinski definition) is 2. The van der Waals surface area contributed by atoms with Crippen LogP contribution in [0.1, 0.15) is 38.3 Å². The van der Waals surface area contributed by atoms with Crippen molar-refractivity contribution in [1.29, 1.82) is 0 Å². The summed E-state index contributed by atoms with van der Waals surface area (Å²) in [6, 6.07) is 7.45. The minimum absolute atomic E-state index is 0.0110. The van der Waals surface area contributed by atoms with Gasteiger partial charge in [-0.3, -0.25) is 4.79 Å². The molecule has 1 atom stereocenters. The number of phenols is 2. The van der Waals surface area contributed by atoms with Crippen molar-refractivity contribution in [3.05, 3.63) is 41.5 Å². The van der Waals surface area contributed by atoms with Crippen LogP contribution < -0.4 is 14.2 Å². The van der Waals surface area contributed by atoms with Gasteiger partial charge in [-0.25, -0.2) is 0 Å². The van der Waals surface area contributed by atoms with Gasteiger partial charge in [0.1, 0.15) is 5.75 Å². The van der Waals surface area contributed by atoms with E-state index in [1.807, 2.05) is 20.5 Å². The van der Waals surface area contributed by atoms with Crippen molar-refractivity contribution >= 4 is 15.2 Å². The number of esters is 1. The predicted octanol–water partition coefficient (Wildman–Crippen LogP) is 4.35. The van der Waals surface area contributed by atoms with E-state index in [9.17, 15) is 15.0 Å². The molecule has 0 saturated carbocycles. The quantitative estimate of drug-likeness (QED) is 0.331. The Labute approximate surface area is 175 Å². The highest BCUT2D eigenvalue weighted by molar-refractivity contribution is 7.15. The molecule has 0 aromatic heterocycles. The van der Waals surface area contributed by atoms with Gasteiger partial charge < -0.3 is 24.4 Å². The van der Waals surface area contributed by atoms with Gasteiger partial charge in [0.2, 0.25) is 0 Å². The van der Waals surface area contributed by atoms with E-state index >= 15 is 0 Å². The number of carbonyl (C=O) groups excluding carboxylic acids is 1. The standard InChI is InChI=1S/C19H18O6.C2H6.CH5P/c1-4-19(22)25-16-11-15(21)18(24-3)10-13(16)7-5-12-6-8-14(20)17(9-12)23-2;2*1-2/h6,8-11,20-21H,4H2,1-3H3;1-2H3;2H2,1H3. The Morgan fingerprint density at radius 1 is 0.931 bits per heavy atom. The van der Waals surface area contributed by atoms with Crippen molar-refractivity contribution in [1.82, 2.24) is 0 Å². The lowest BCUT2D eigenvalue weighted by atomic mass is 10.1. The molecule has 2 N–H and O–H groups in total. The van der Waals surface area contributed by atoms with E-state index in [2.05, 4.69) is 21.1 Å². The fourth-order valence-electron chi connectivity index (χ4n) is 1.98. The van der Waals surface area contributed by atoms with Crippen LogP contribution in [-0.2, 0) is 4.79 Å². The maximum Gasteiger partial charge on any atom is 0.310 e. The molecule has 1 unspecified atom stereocenters. The fraction of sp³-hybridized carbons (Fsp3) is 0.318. The molecule has 0 aliphatic rings. The van der Waals surface area contributed by atoms with Gasteiger partial charge in [-0.05, 0) is 18.2 Å². The second-order valence-corrected chi connectivity index (χ2v) is 4.98. The normalized spacial score (nSPS) is 8.79. The fourth-order valence-corrected chi connectivity index (χ4v) is 1.98. The molecule has 0 heterocycles. The van der Waals surface area contributed by atoms with Crippen LogP contribution in [0.3, 0.4) is 0 Å². The lowest BCUT2D eigenvalue weighted by molar-refractivity contribution is -0.134. The van der Waals surface area contributed by atoms with E-state index in [4.69, 9.17) is 14.2 Å². The molecule has 0 aliphatic carbocycles. The van der Waals surface area contributed by atoms with E-state index in [1.54, 1.807) is 19.1 Å². The topological polar surface area (TPSA) is 85.2 Å². The third kappa shape index (κ3) is 7.93. The minimum Gasteiger partial charge on any atom is -0.504 e. The second-order valence-electron chi connectivity index (χ2n) is 4.98. The Kier molecular flexibility index (Phi) is 12.7. The Balaban J connectivity index is 0.00000184. The summed E-state index contributed by atoms with van der Waals surface area (Å²) in [6.45, 7) is 7.58. The molecular formula is C22H29O6P. The first-order chi connectivity index (χ1) is 14.0. The molecule has 0 radical (unpaired) electrons. The van der Waals surface area contributed by atoms with E-state index in [1.165, 1.54) is 32.4 Å². The average Bonchev–Trinajstić information content (AvgIpc) is 2.76. The van der Waals surface area contributed by atoms with Gasteiger partial charge in [0.05, 0.1) is 19.8 Å². The van der Waals surface area contributed by atoms with Gasteiger partial charge in [0.25, 0.3) is 0 Å². The smallest absolute Gasteiger partial charge is 0.310 e. The molecule has 158 valence electrons. The van der Waals surface area contributed by atoms with Crippen molar-refractivity contribution in [2.75, 3.05) is 20.9 Å². The molecule has 2 aromatic carbocycles. The van der Waals surface area contributed by atoms with Crippen LogP contribution in [0.5, 0.6) is 28.7 Å². The molecule has 6 nitrogen and oxygen atoms in total. The molecule has 29 heavy (non-hydrogen) atoms. The Hall–Kier alpha value is -2.90. The molecule has 2 rings (SSSR count). The molecule has 0 saturated heterocycles. The van der Waals surface area contributed by atoms with Crippen LogP contribution >= 0.6 is 9.24 Å². The highest BCUT2D eigenvalue weighted by Crippen LogP contribution is 2.34. The number of methoxy groups -OCH3 is 2. The third-order valence-corrected chi connectivity index (χ3v) is 3.31. The lowest BCUT2D eigenvalue weighted by Gasteiger charge is -2.09. The van der Waals surface area contributed by atoms with Crippen molar-refractivity contribution < 1.29 is 29.2 Å². The second kappa shape index (κ2) is 14.1. The Morgan fingerprint density at radius 3 is 2.07 bits per heavy atom. The van der Waals surface area contributed by atoms with Crippen LogP contribution in [-0.4, -0.2) is 37.1 Å². The first-order valence-corrected chi connectivity index (χ1v) is 10.2. The number of rotatable bonds is 4. The SMILES string of the molecule is CC.CCC(=O)Oc1cc(O)c(OC)cc1C#Cc1ccc(O)c(OC)c1.CP. The van der Waals surface area contributed by atoms with Crippen LogP contribution in [0.4, 0.5) is 0 Å². The van der Waals surface area contributed by atoms with Crippen molar-refractivity contribution in [3.8, 4) is 40.6 Å². The van der Waals surface area contributed by atoms with Crippen molar-refractivity contribution in [2.45, 2.75) is 27.2 Å². The largest absolute Gasteiger partial charge is 0.504 e. The van der Waals surface area contributed by atoms with Gasteiger partial charge >= 0.3 is 5.97 Å². The van der Waals surface area contributed by atoms with Crippen LogP contribution in [0.2, 0.25) is 0 Å². The number of aromatic hydroxyl groups is 2. The number of carbonyl (C=O) groups is 1. The Morgan fingerprint density at radius 2 is 1.52 bits per heavy atom. The van der Waals surface area contributed by atoms with E-state index in [0.717, 1.165) is 0 Å². The summed E-state index contributed by atoms with van der Waals surface area (Å²) in [6.07, 6.45) is 0.189. The van der Waals surface area contributed by atoms with Crippen LogP contribution in [0.15, 0.2) is 30.3 Å². The highest BCUT2D eigenvalue weighted by atomic mass is 31.0. The highest BCUT2D eigenvalue weighted by Gasteiger charge is 2.12. The van der Waals surface area contributed by atoms with Crippen molar-refractivity contribution in [2.24, 2.45) is 0 Å². The summed E-state index contributed by atoms with van der Waals surface area (Å²) < 4.78 is 15.3. The molecule has 0 aliphatic heterocycles. The monoisotopic (exact) mass is 420 g/mol. The number of benzene rings is 2. The van der Waals surface area contributed by atoms with Gasteiger partial charge in [-0.1, -0.05) is 39.3 Å². The summed E-state index contributed by atoms with van der Waals surface area (Å²) >= 11 is 0. The predicted molar refractivity (Wildman–Crippen MR) is 118 cm³/mol. The summed E-state index contributed by atoms with van der Waals surface area (Å²) in [5.74, 6) is 5.84. The average molecular weight is 420 g/mol. The molecular weight excluding hydrogens is 391 g/mol. The zero-order valence-electron chi connectivity index (χ0n) is 17.7. The summed E-state index contributed by atoms with van der Waals surface area (Å²) in [7, 11) is 5.27. The molecule has 0 bridgehead atoms. The van der Waals surface area contributed by atoms with E-state index in [0.29, 0.717) is 16.9 Å². The number of phenolic OH excluding ortho intramolecular Hbond substituents is 2. The van der Waals surface area contributed by atoms with Crippen LogP contribution in [0.25, 0.3) is 0 Å². The zero-order valence-corrected chi connectivity index (χ0v) is 18.9. The molecule has 2 aromatic rings. The van der Waals surface area contributed by atoms with Crippen molar-refractivity contribution in [3.63, 3.8) is 0 Å². The maximum atomic E-state index is 11.6. The van der Waals surface area contributed by atoms with Gasteiger partial charge in [0.15, 0.2) is 23.0 Å². The summed E-state index contributed by atoms with van der Waals surface area (Å²) in [5, 5.41) is 19.5. The molecule has 0 fully saturated rings. The first-order valence-electron chi connectivity index (χ1n) is 9.07. The Bertz CT molecular complexity index is 852. The molecule has 0 amide bonds. The maximum absolute atomic E-state index is 11.6. The molecule has 0 spiro atoms. The third-order valence-electron chi connectivity index (χ3n) is 3.31. The van der Waals surface area contributed by atoms with Gasteiger partial charge in [-0.15, -0.1) is 9.24 Å².